The summed E-state index contributed by atoms with van der Waals surface area (Å²) in [6.45, 7) is 9.09. The number of nitrogens with one attached hydrogen (secondary N) is 1. The van der Waals surface area contributed by atoms with Crippen molar-refractivity contribution >= 4 is 43.2 Å². The van der Waals surface area contributed by atoms with Crippen molar-refractivity contribution < 1.29 is 13.2 Å². The van der Waals surface area contributed by atoms with Gasteiger partial charge in [0.05, 0.1) is 24.9 Å². The number of pyridine rings is 1. The van der Waals surface area contributed by atoms with E-state index in [1.807, 2.05) is 25.3 Å². The lowest BCUT2D eigenvalue weighted by molar-refractivity contribution is 0.122. The maximum Gasteiger partial charge on any atom is 0.211 e. The van der Waals surface area contributed by atoms with Crippen molar-refractivity contribution in [3.63, 3.8) is 0 Å². The molecule has 5 rings (SSSR count). The zero-order valence-electron chi connectivity index (χ0n) is 20.1. The lowest BCUT2D eigenvalue weighted by Gasteiger charge is -2.32. The Hall–Kier alpha value is -2.38. The molecule has 3 aromatic heterocycles. The van der Waals surface area contributed by atoms with Gasteiger partial charge in [0.2, 0.25) is 10.0 Å². The fourth-order valence-electron chi connectivity index (χ4n) is 4.43. The van der Waals surface area contributed by atoms with Crippen molar-refractivity contribution in [2.75, 3.05) is 75.5 Å². The molecule has 0 atom stereocenters. The number of piperazine rings is 1. The molecule has 2 aliphatic rings. The third-order valence-electron chi connectivity index (χ3n) is 6.29. The minimum Gasteiger partial charge on any atom is -0.378 e. The summed E-state index contributed by atoms with van der Waals surface area (Å²) in [4.78, 5) is 21.1. The van der Waals surface area contributed by atoms with Gasteiger partial charge >= 0.3 is 0 Å². The van der Waals surface area contributed by atoms with Crippen LogP contribution < -0.4 is 10.2 Å². The number of sulfonamides is 1. The molecule has 35 heavy (non-hydrogen) atoms. The second kappa shape index (κ2) is 10.3. The molecule has 0 radical (unpaired) electrons. The molecule has 0 saturated carbocycles. The predicted octanol–water partition coefficient (Wildman–Crippen LogP) is 2.10. The number of thiophene rings is 1. The molecule has 0 unspecified atom stereocenters. The normalized spacial score (nSPS) is 18.3. The first-order valence-electron chi connectivity index (χ1n) is 11.9. The third kappa shape index (κ3) is 5.56. The van der Waals surface area contributed by atoms with Crippen molar-refractivity contribution in [2.24, 2.45) is 0 Å². The van der Waals surface area contributed by atoms with E-state index in [0.29, 0.717) is 32.1 Å². The number of hydrogen-bond donors (Lipinski definition) is 1. The Morgan fingerprint density at radius 1 is 1.09 bits per heavy atom. The number of hydrogen-bond acceptors (Lipinski definition) is 10. The van der Waals surface area contributed by atoms with Crippen LogP contribution in [-0.2, 0) is 21.3 Å². The van der Waals surface area contributed by atoms with E-state index in [9.17, 15) is 8.42 Å². The quantitative estimate of drug-likeness (QED) is 0.505. The largest absolute Gasteiger partial charge is 0.378 e. The molecule has 0 aromatic carbocycles. The van der Waals surface area contributed by atoms with Gasteiger partial charge in [-0.2, -0.15) is 4.31 Å². The number of anilines is 2. The van der Waals surface area contributed by atoms with Gasteiger partial charge in [-0.1, -0.05) is 0 Å². The number of rotatable bonds is 7. The SMILES string of the molecule is CCNc1ccc(-c2nc(N3CCOCC3)c3cc(CN4CCN(S(C)(=O)=O)CC4)sc3n2)cn1. The molecular weight excluding hydrogens is 486 g/mol. The van der Waals surface area contributed by atoms with Gasteiger partial charge in [0, 0.05) is 69.0 Å². The van der Waals surface area contributed by atoms with Crippen LogP contribution in [-0.4, -0.2) is 97.9 Å². The van der Waals surface area contributed by atoms with Crippen molar-refractivity contribution in [1.29, 1.82) is 0 Å². The number of nitrogens with zero attached hydrogens (tertiary/aromatic N) is 6. The minimum absolute atomic E-state index is 0.530. The molecule has 2 saturated heterocycles. The van der Waals surface area contributed by atoms with Crippen LogP contribution in [0.1, 0.15) is 11.8 Å². The summed E-state index contributed by atoms with van der Waals surface area (Å²) in [7, 11) is -3.13. The number of aromatic nitrogens is 3. The summed E-state index contributed by atoms with van der Waals surface area (Å²) in [5, 5.41) is 4.28. The van der Waals surface area contributed by atoms with Gasteiger partial charge < -0.3 is 15.0 Å². The average molecular weight is 518 g/mol. The van der Waals surface area contributed by atoms with E-state index in [0.717, 1.165) is 66.7 Å². The van der Waals surface area contributed by atoms with Gasteiger partial charge in [-0.25, -0.2) is 23.4 Å². The molecule has 2 fully saturated rings. The summed E-state index contributed by atoms with van der Waals surface area (Å²) < 4.78 is 30.8. The van der Waals surface area contributed by atoms with Crippen molar-refractivity contribution in [2.45, 2.75) is 13.5 Å². The number of fused-ring (bicyclic) bond motifs is 1. The van der Waals surface area contributed by atoms with Gasteiger partial charge in [-0.15, -0.1) is 11.3 Å². The third-order valence-corrected chi connectivity index (χ3v) is 8.61. The van der Waals surface area contributed by atoms with E-state index in [2.05, 4.69) is 26.2 Å². The van der Waals surface area contributed by atoms with Crippen LogP contribution in [0.2, 0.25) is 0 Å². The molecule has 12 heteroatoms. The monoisotopic (exact) mass is 517 g/mol. The van der Waals surface area contributed by atoms with Crippen LogP contribution in [0.15, 0.2) is 24.4 Å². The highest BCUT2D eigenvalue weighted by Crippen LogP contribution is 2.34. The van der Waals surface area contributed by atoms with E-state index in [1.54, 1.807) is 15.6 Å². The van der Waals surface area contributed by atoms with Crippen LogP contribution in [0, 0.1) is 0 Å². The predicted molar refractivity (Wildman–Crippen MR) is 140 cm³/mol. The topological polar surface area (TPSA) is 104 Å². The van der Waals surface area contributed by atoms with E-state index < -0.39 is 10.0 Å². The molecule has 0 spiro atoms. The van der Waals surface area contributed by atoms with Gasteiger partial charge in [0.1, 0.15) is 16.5 Å². The first-order chi connectivity index (χ1) is 16.9. The summed E-state index contributed by atoms with van der Waals surface area (Å²) in [5.41, 5.74) is 0.884. The maximum absolute atomic E-state index is 11.8. The summed E-state index contributed by atoms with van der Waals surface area (Å²) in [5.74, 6) is 2.44. The van der Waals surface area contributed by atoms with Crippen LogP contribution in [0.4, 0.5) is 11.6 Å². The van der Waals surface area contributed by atoms with Crippen LogP contribution in [0.5, 0.6) is 0 Å². The Morgan fingerprint density at radius 2 is 1.86 bits per heavy atom. The average Bonchev–Trinajstić information content (AvgIpc) is 3.27. The highest BCUT2D eigenvalue weighted by atomic mass is 32.2. The molecule has 0 bridgehead atoms. The Bertz CT molecular complexity index is 1270. The summed E-state index contributed by atoms with van der Waals surface area (Å²) >= 11 is 1.68. The molecule has 188 valence electrons. The van der Waals surface area contributed by atoms with Crippen molar-refractivity contribution in [3.8, 4) is 11.4 Å². The smallest absolute Gasteiger partial charge is 0.211 e. The van der Waals surface area contributed by atoms with Gasteiger partial charge in [-0.05, 0) is 25.1 Å². The first-order valence-corrected chi connectivity index (χ1v) is 14.6. The second-order valence-corrected chi connectivity index (χ2v) is 11.9. The molecule has 5 heterocycles. The van der Waals surface area contributed by atoms with Crippen molar-refractivity contribution in [1.82, 2.24) is 24.2 Å². The Morgan fingerprint density at radius 3 is 2.51 bits per heavy atom. The summed E-state index contributed by atoms with van der Waals surface area (Å²) in [6.07, 6.45) is 3.10. The molecular formula is C23H31N7O3S2. The standard InChI is InChI=1S/C23H31N7O3S2/c1-3-24-20-5-4-17(15-25-20)21-26-22(29-10-12-33-13-11-29)19-14-18(34-23(19)27-21)16-28-6-8-30(9-7-28)35(2,31)32/h4-5,14-15H,3,6-13,16H2,1-2H3,(H,24,25). The van der Waals surface area contributed by atoms with Crippen LogP contribution >= 0.6 is 11.3 Å². The number of morpholine rings is 1. The molecule has 0 amide bonds. The number of ether oxygens (including phenoxy) is 1. The van der Waals surface area contributed by atoms with Crippen LogP contribution in [0.3, 0.4) is 0 Å². The lowest BCUT2D eigenvalue weighted by Crippen LogP contribution is -2.47. The Kier molecular flexibility index (Phi) is 7.17. The highest BCUT2D eigenvalue weighted by molar-refractivity contribution is 7.88. The van der Waals surface area contributed by atoms with Gasteiger partial charge in [0.15, 0.2) is 5.82 Å². The fraction of sp³-hybridized carbons (Fsp3) is 0.522. The molecule has 1 N–H and O–H groups in total. The van der Waals surface area contributed by atoms with E-state index in [1.165, 1.54) is 11.1 Å². The summed E-state index contributed by atoms with van der Waals surface area (Å²) in [6, 6.07) is 6.16. The fourth-order valence-corrected chi connectivity index (χ4v) is 6.32. The zero-order valence-corrected chi connectivity index (χ0v) is 21.7. The first kappa shape index (κ1) is 24.3. The Labute approximate surface area is 210 Å². The second-order valence-electron chi connectivity index (χ2n) is 8.80. The van der Waals surface area contributed by atoms with Gasteiger partial charge in [-0.3, -0.25) is 4.90 Å². The maximum atomic E-state index is 11.8. The lowest BCUT2D eigenvalue weighted by atomic mass is 10.2. The molecule has 3 aromatic rings. The molecule has 0 aliphatic carbocycles. The minimum atomic E-state index is -3.13. The van der Waals surface area contributed by atoms with E-state index in [4.69, 9.17) is 14.7 Å². The van der Waals surface area contributed by atoms with Crippen LogP contribution in [0.25, 0.3) is 21.6 Å². The Balaban J connectivity index is 1.43. The highest BCUT2D eigenvalue weighted by Gasteiger charge is 2.25. The molecule has 2 aliphatic heterocycles. The zero-order chi connectivity index (χ0) is 24.4. The van der Waals surface area contributed by atoms with E-state index in [-0.39, 0.29) is 0 Å². The molecule has 10 nitrogen and oxygen atoms in total. The van der Waals surface area contributed by atoms with Crippen molar-refractivity contribution in [3.05, 3.63) is 29.3 Å². The van der Waals surface area contributed by atoms with E-state index >= 15 is 0 Å². The van der Waals surface area contributed by atoms with Gasteiger partial charge in [0.25, 0.3) is 0 Å².